The minimum Gasteiger partial charge on any atom is -0.493 e. The lowest BCUT2D eigenvalue weighted by atomic mass is 9.90. The zero-order valence-electron chi connectivity index (χ0n) is 24.3. The average Bonchev–Trinajstić information content (AvgIpc) is 3.27. The fourth-order valence-corrected chi connectivity index (χ4v) is 4.68. The molecule has 242 valence electrons. The second-order valence-corrected chi connectivity index (χ2v) is 10.3. The predicted molar refractivity (Wildman–Crippen MR) is 152 cm³/mol. The van der Waals surface area contributed by atoms with E-state index in [1.807, 2.05) is 6.92 Å². The zero-order chi connectivity index (χ0) is 33.0. The van der Waals surface area contributed by atoms with Gasteiger partial charge in [0, 0.05) is 29.9 Å². The molecule has 2 heterocycles. The lowest BCUT2D eigenvalue weighted by Gasteiger charge is -2.33. The predicted octanol–water partition coefficient (Wildman–Crippen LogP) is 7.03. The van der Waals surface area contributed by atoms with Crippen molar-refractivity contribution in [1.29, 1.82) is 0 Å². The number of aromatic nitrogens is 3. The van der Waals surface area contributed by atoms with Gasteiger partial charge in [-0.1, -0.05) is 38.5 Å². The molecule has 14 heteroatoms. The lowest BCUT2D eigenvalue weighted by Crippen LogP contribution is -2.53. The minimum atomic E-state index is -6.01. The summed E-state index contributed by atoms with van der Waals surface area (Å²) in [6, 6.07) is 11.9. The first-order chi connectivity index (χ1) is 21.2. The van der Waals surface area contributed by atoms with Gasteiger partial charge < -0.3 is 24.7 Å². The third kappa shape index (κ3) is 7.11. The Balaban J connectivity index is 1.53. The van der Waals surface area contributed by atoms with Crippen LogP contribution in [0.4, 0.5) is 26.3 Å². The van der Waals surface area contributed by atoms with Crippen LogP contribution in [-0.4, -0.2) is 43.7 Å². The summed E-state index contributed by atoms with van der Waals surface area (Å²) < 4.78 is 93.0. The van der Waals surface area contributed by atoms with Gasteiger partial charge in [0.15, 0.2) is 0 Å². The number of aromatic amines is 1. The highest BCUT2D eigenvalue weighted by molar-refractivity contribution is 5.63. The third-order valence-corrected chi connectivity index (χ3v) is 7.00. The largest absolute Gasteiger partial charge is 0.493 e. The Morgan fingerprint density at radius 1 is 0.933 bits per heavy atom. The smallest absolute Gasteiger partial charge is 0.430 e. The van der Waals surface area contributed by atoms with E-state index in [0.29, 0.717) is 42.2 Å². The Labute approximate surface area is 253 Å². The van der Waals surface area contributed by atoms with Crippen LogP contribution in [0.15, 0.2) is 65.6 Å². The maximum absolute atomic E-state index is 13.4. The third-order valence-electron chi connectivity index (χ3n) is 7.00. The number of aryl methyl sites for hydroxylation is 2. The van der Waals surface area contributed by atoms with E-state index in [-0.39, 0.29) is 48.0 Å². The molecule has 0 aliphatic heterocycles. The molecule has 0 fully saturated rings. The van der Waals surface area contributed by atoms with Gasteiger partial charge in [0.2, 0.25) is 11.8 Å². The van der Waals surface area contributed by atoms with Crippen molar-refractivity contribution in [2.24, 2.45) is 0 Å². The van der Waals surface area contributed by atoms with Crippen LogP contribution in [0.3, 0.4) is 0 Å². The average molecular weight is 640 g/mol. The summed E-state index contributed by atoms with van der Waals surface area (Å²) in [5, 5.41) is 20.6. The van der Waals surface area contributed by atoms with Crippen molar-refractivity contribution in [3.05, 3.63) is 88.0 Å². The minimum absolute atomic E-state index is 0.0216. The number of nitrogens with zero attached hydrogens (tertiary/aromatic N) is 2. The quantitative estimate of drug-likeness (QED) is 0.144. The topological polar surface area (TPSA) is 110 Å². The van der Waals surface area contributed by atoms with Crippen LogP contribution in [0.2, 0.25) is 0 Å². The van der Waals surface area contributed by atoms with Crippen molar-refractivity contribution in [1.82, 2.24) is 14.5 Å². The summed E-state index contributed by atoms with van der Waals surface area (Å²) in [6.07, 6.45) is -9.02. The van der Waals surface area contributed by atoms with E-state index >= 15 is 0 Å². The molecular weight excluding hydrogens is 608 g/mol. The molecule has 0 aliphatic rings. The fraction of sp³-hybridized carbons (Fsp3) is 0.355. The Bertz CT molecular complexity index is 1650. The van der Waals surface area contributed by atoms with Crippen molar-refractivity contribution in [3.8, 4) is 34.5 Å². The summed E-state index contributed by atoms with van der Waals surface area (Å²) in [5.74, 6) is 0.375. The van der Waals surface area contributed by atoms with Gasteiger partial charge in [-0.25, -0.2) is 9.78 Å². The highest BCUT2D eigenvalue weighted by Gasteiger charge is 2.71. The molecule has 0 spiro atoms. The van der Waals surface area contributed by atoms with Crippen molar-refractivity contribution in [2.45, 2.75) is 64.0 Å². The van der Waals surface area contributed by atoms with E-state index in [9.17, 15) is 41.4 Å². The molecule has 2 aromatic carbocycles. The molecule has 8 nitrogen and oxygen atoms in total. The molecule has 0 aliphatic carbocycles. The van der Waals surface area contributed by atoms with E-state index in [1.165, 1.54) is 6.20 Å². The molecule has 0 amide bonds. The molecule has 0 saturated carbocycles. The van der Waals surface area contributed by atoms with Crippen LogP contribution in [-0.2, 0) is 25.0 Å². The van der Waals surface area contributed by atoms with Crippen LogP contribution in [0, 0.1) is 0 Å². The second-order valence-electron chi connectivity index (χ2n) is 10.3. The van der Waals surface area contributed by atoms with Crippen LogP contribution in [0.5, 0.6) is 23.3 Å². The van der Waals surface area contributed by atoms with Gasteiger partial charge in [-0.2, -0.15) is 26.3 Å². The van der Waals surface area contributed by atoms with Gasteiger partial charge in [-0.3, -0.25) is 4.57 Å². The number of imidazole rings is 1. The molecule has 45 heavy (non-hydrogen) atoms. The van der Waals surface area contributed by atoms with Crippen molar-refractivity contribution in [3.63, 3.8) is 0 Å². The summed E-state index contributed by atoms with van der Waals surface area (Å²) in [6.45, 7) is 4.21. The molecule has 0 radical (unpaired) electrons. The fourth-order valence-electron chi connectivity index (χ4n) is 4.68. The number of aromatic hydroxyl groups is 1. The van der Waals surface area contributed by atoms with Crippen LogP contribution in [0.1, 0.15) is 43.4 Å². The highest BCUT2D eigenvalue weighted by atomic mass is 19.4. The molecule has 3 N–H and O–H groups in total. The van der Waals surface area contributed by atoms with E-state index in [0.717, 1.165) is 17.1 Å². The number of hydrogen-bond donors (Lipinski definition) is 3. The normalized spacial score (nSPS) is 12.4. The van der Waals surface area contributed by atoms with Gasteiger partial charge in [0.25, 0.3) is 5.60 Å². The zero-order valence-corrected chi connectivity index (χ0v) is 24.3. The van der Waals surface area contributed by atoms with Crippen LogP contribution >= 0.6 is 0 Å². The van der Waals surface area contributed by atoms with E-state index in [1.54, 1.807) is 43.3 Å². The number of halogens is 6. The standard InChI is InChI=1S/C31H31F6N3O5/c1-3-6-20-17-22(29(43,30(32,33)34)31(35,36)37)10-11-24(20)45-23-8-5-7-19(16-23)13-14-40-27(41)26(39-28(40)42)21-9-12-25(38-18-21)44-15-4-2/h5,7-12,16-18,41,43H,3-4,6,13-15H2,1-2H3,(H,39,42). The Morgan fingerprint density at radius 3 is 2.29 bits per heavy atom. The molecule has 4 rings (SSSR count). The maximum atomic E-state index is 13.4. The Hall–Kier alpha value is -4.46. The molecule has 0 saturated heterocycles. The van der Waals surface area contributed by atoms with Crippen molar-refractivity contribution in [2.75, 3.05) is 6.61 Å². The number of benzene rings is 2. The second kappa shape index (κ2) is 13.3. The number of nitrogens with one attached hydrogen (secondary N) is 1. The molecule has 4 aromatic rings. The monoisotopic (exact) mass is 639 g/mol. The first-order valence-electron chi connectivity index (χ1n) is 14.1. The Kier molecular flexibility index (Phi) is 9.86. The van der Waals surface area contributed by atoms with Gasteiger partial charge in [0.05, 0.1) is 6.61 Å². The van der Waals surface area contributed by atoms with Gasteiger partial charge in [-0.15, -0.1) is 0 Å². The van der Waals surface area contributed by atoms with E-state index in [4.69, 9.17) is 9.47 Å². The summed E-state index contributed by atoms with van der Waals surface area (Å²) in [4.78, 5) is 19.4. The van der Waals surface area contributed by atoms with Gasteiger partial charge >= 0.3 is 18.0 Å². The molecular formula is C31H31F6N3O5. The summed E-state index contributed by atoms with van der Waals surface area (Å²) in [7, 11) is 0. The van der Waals surface area contributed by atoms with Gasteiger partial charge in [0.1, 0.15) is 17.2 Å². The number of pyridine rings is 1. The summed E-state index contributed by atoms with van der Waals surface area (Å²) >= 11 is 0. The lowest BCUT2D eigenvalue weighted by molar-refractivity contribution is -0.376. The van der Waals surface area contributed by atoms with E-state index < -0.39 is 29.2 Å². The van der Waals surface area contributed by atoms with Crippen LogP contribution in [0.25, 0.3) is 11.3 Å². The maximum Gasteiger partial charge on any atom is 0.430 e. The first-order valence-corrected chi connectivity index (χ1v) is 14.1. The number of hydrogen-bond acceptors (Lipinski definition) is 6. The van der Waals surface area contributed by atoms with Crippen molar-refractivity contribution < 1.29 is 46.0 Å². The van der Waals surface area contributed by atoms with E-state index in [2.05, 4.69) is 9.97 Å². The SMILES string of the molecule is CCCOc1ccc(-c2[nH]c(=O)n(CCc3cccc(Oc4ccc(C(O)(C(F)(F)F)C(F)(F)F)cc4CCC)c3)c2O)cn1. The van der Waals surface area contributed by atoms with Crippen molar-refractivity contribution >= 4 is 0 Å². The molecule has 0 unspecified atom stereocenters. The number of H-pyrrole nitrogens is 1. The Morgan fingerprint density at radius 2 is 1.67 bits per heavy atom. The molecule has 0 bridgehead atoms. The molecule has 2 aromatic heterocycles. The number of alkyl halides is 6. The summed E-state index contributed by atoms with van der Waals surface area (Å²) in [5.41, 5.74) is -5.60. The first kappa shape index (κ1) is 33.4. The number of aliphatic hydroxyl groups is 1. The number of ether oxygens (including phenoxy) is 2. The van der Waals surface area contributed by atoms with Gasteiger partial charge in [-0.05, 0) is 60.7 Å². The number of rotatable bonds is 12. The highest BCUT2D eigenvalue weighted by Crippen LogP contribution is 2.50. The molecule has 0 atom stereocenters. The van der Waals surface area contributed by atoms with Crippen LogP contribution < -0.4 is 15.2 Å².